The first-order chi connectivity index (χ1) is 8.82. The quantitative estimate of drug-likeness (QED) is 0.647. The van der Waals surface area contributed by atoms with Gasteiger partial charge < -0.3 is 15.5 Å². The molecule has 0 saturated carbocycles. The van der Waals surface area contributed by atoms with Crippen molar-refractivity contribution >= 4 is 11.9 Å². The predicted octanol–water partition coefficient (Wildman–Crippen LogP) is -0.469. The Hall–Kier alpha value is -1.89. The van der Waals surface area contributed by atoms with Crippen LogP contribution < -0.4 is 5.32 Å². The van der Waals surface area contributed by atoms with E-state index in [9.17, 15) is 9.59 Å². The van der Waals surface area contributed by atoms with Gasteiger partial charge in [-0.05, 0) is 25.8 Å². The summed E-state index contributed by atoms with van der Waals surface area (Å²) < 4.78 is 1.76. The summed E-state index contributed by atoms with van der Waals surface area (Å²) in [6.45, 7) is 3.54. The first-order valence-corrected chi connectivity index (χ1v) is 5.99. The van der Waals surface area contributed by atoms with Crippen molar-refractivity contribution in [1.29, 1.82) is 0 Å². The number of aryl methyl sites for hydroxylation is 2. The van der Waals surface area contributed by atoms with Crippen LogP contribution in [0.3, 0.4) is 0 Å². The summed E-state index contributed by atoms with van der Waals surface area (Å²) in [6.07, 6.45) is -0.786. The van der Waals surface area contributed by atoms with E-state index in [4.69, 9.17) is 10.2 Å². The SMILES string of the molecule is Cc1nn(C)c(C)c1CCC(=O)NCC(O)C(=O)O. The van der Waals surface area contributed by atoms with Crippen LogP contribution in [-0.2, 0) is 23.1 Å². The molecule has 0 bridgehead atoms. The zero-order valence-corrected chi connectivity index (χ0v) is 11.3. The number of carbonyl (C=O) groups excluding carboxylic acids is 1. The number of aromatic nitrogens is 2. The third-order valence-corrected chi connectivity index (χ3v) is 3.04. The molecule has 1 aromatic rings. The lowest BCUT2D eigenvalue weighted by Gasteiger charge is -2.08. The highest BCUT2D eigenvalue weighted by Crippen LogP contribution is 2.13. The summed E-state index contributed by atoms with van der Waals surface area (Å²) in [4.78, 5) is 21.9. The third kappa shape index (κ3) is 4.06. The van der Waals surface area contributed by atoms with Gasteiger partial charge in [-0.2, -0.15) is 5.10 Å². The van der Waals surface area contributed by atoms with Crippen molar-refractivity contribution in [1.82, 2.24) is 15.1 Å². The van der Waals surface area contributed by atoms with Crippen LogP contribution in [0.1, 0.15) is 23.4 Å². The average Bonchev–Trinajstić information content (AvgIpc) is 2.58. The number of carboxylic acids is 1. The van der Waals surface area contributed by atoms with Gasteiger partial charge in [0, 0.05) is 19.2 Å². The lowest BCUT2D eigenvalue weighted by Crippen LogP contribution is -2.36. The number of hydrogen-bond acceptors (Lipinski definition) is 4. The molecule has 0 fully saturated rings. The number of nitrogens with one attached hydrogen (secondary N) is 1. The summed E-state index contributed by atoms with van der Waals surface area (Å²) in [5.41, 5.74) is 2.92. The van der Waals surface area contributed by atoms with Gasteiger partial charge in [0.2, 0.25) is 5.91 Å². The van der Waals surface area contributed by atoms with Crippen LogP contribution in [0.4, 0.5) is 0 Å². The molecule has 0 aliphatic heterocycles. The van der Waals surface area contributed by atoms with Crippen molar-refractivity contribution in [2.75, 3.05) is 6.54 Å². The van der Waals surface area contributed by atoms with Crippen molar-refractivity contribution in [3.63, 3.8) is 0 Å². The average molecular weight is 269 g/mol. The second-order valence-corrected chi connectivity index (χ2v) is 4.43. The van der Waals surface area contributed by atoms with Gasteiger partial charge in [0.25, 0.3) is 0 Å². The standard InChI is InChI=1S/C12H19N3O4/c1-7-9(8(2)15(3)14-7)4-5-11(17)13-6-10(16)12(18)19/h10,16H,4-6H2,1-3H3,(H,13,17)(H,18,19). The molecular weight excluding hydrogens is 250 g/mol. The summed E-state index contributed by atoms with van der Waals surface area (Å²) in [7, 11) is 1.84. The first kappa shape index (κ1) is 15.2. The number of nitrogens with zero attached hydrogens (tertiary/aromatic N) is 2. The van der Waals surface area contributed by atoms with Gasteiger partial charge in [-0.25, -0.2) is 4.79 Å². The molecule has 106 valence electrons. The number of rotatable bonds is 6. The fourth-order valence-electron chi connectivity index (χ4n) is 1.80. The van der Waals surface area contributed by atoms with E-state index in [-0.39, 0.29) is 18.9 Å². The molecule has 3 N–H and O–H groups in total. The van der Waals surface area contributed by atoms with E-state index in [0.29, 0.717) is 6.42 Å². The number of aliphatic hydroxyl groups is 1. The van der Waals surface area contributed by atoms with Gasteiger partial charge in [0.15, 0.2) is 6.10 Å². The molecule has 0 spiro atoms. The molecule has 0 aliphatic rings. The van der Waals surface area contributed by atoms with E-state index in [1.807, 2.05) is 20.9 Å². The van der Waals surface area contributed by atoms with E-state index < -0.39 is 12.1 Å². The second kappa shape index (κ2) is 6.33. The van der Waals surface area contributed by atoms with Crippen LogP contribution in [0, 0.1) is 13.8 Å². The van der Waals surface area contributed by atoms with Crippen LogP contribution in [0.25, 0.3) is 0 Å². The maximum atomic E-state index is 11.5. The van der Waals surface area contributed by atoms with Crippen molar-refractivity contribution in [3.05, 3.63) is 17.0 Å². The van der Waals surface area contributed by atoms with Crippen LogP contribution in [0.2, 0.25) is 0 Å². The monoisotopic (exact) mass is 269 g/mol. The fourth-order valence-corrected chi connectivity index (χ4v) is 1.80. The van der Waals surface area contributed by atoms with Gasteiger partial charge in [0.1, 0.15) is 0 Å². The van der Waals surface area contributed by atoms with E-state index in [2.05, 4.69) is 10.4 Å². The maximum Gasteiger partial charge on any atom is 0.334 e. The first-order valence-electron chi connectivity index (χ1n) is 5.99. The summed E-state index contributed by atoms with van der Waals surface area (Å²) in [5.74, 6) is -1.64. The van der Waals surface area contributed by atoms with Crippen molar-refractivity contribution < 1.29 is 19.8 Å². The Kier molecular flexibility index (Phi) is 5.05. The molecule has 1 amide bonds. The van der Waals surface area contributed by atoms with Gasteiger partial charge in [0.05, 0.1) is 12.2 Å². The van der Waals surface area contributed by atoms with E-state index in [1.165, 1.54) is 0 Å². The summed E-state index contributed by atoms with van der Waals surface area (Å²) >= 11 is 0. The Morgan fingerprint density at radius 3 is 2.53 bits per heavy atom. The number of aliphatic carboxylic acids is 1. The summed E-state index contributed by atoms with van der Waals surface area (Å²) in [5, 5.41) is 24.1. The number of aliphatic hydroxyl groups excluding tert-OH is 1. The van der Waals surface area contributed by atoms with E-state index >= 15 is 0 Å². The Morgan fingerprint density at radius 2 is 2.05 bits per heavy atom. The Balaban J connectivity index is 2.44. The van der Waals surface area contributed by atoms with Gasteiger partial charge in [-0.15, -0.1) is 0 Å². The highest BCUT2D eigenvalue weighted by atomic mass is 16.4. The Bertz CT molecular complexity index is 482. The number of amides is 1. The van der Waals surface area contributed by atoms with Crippen molar-refractivity contribution in [2.24, 2.45) is 7.05 Å². The predicted molar refractivity (Wildman–Crippen MR) is 67.7 cm³/mol. The number of carboxylic acid groups (broad SMARTS) is 1. The molecular formula is C12H19N3O4. The normalized spacial score (nSPS) is 12.2. The zero-order valence-electron chi connectivity index (χ0n) is 11.3. The molecule has 7 heteroatoms. The minimum atomic E-state index is -1.56. The lowest BCUT2D eigenvalue weighted by molar-refractivity contribution is -0.146. The Labute approximate surface area is 111 Å². The molecule has 0 aromatic carbocycles. The highest BCUT2D eigenvalue weighted by Gasteiger charge is 2.15. The lowest BCUT2D eigenvalue weighted by atomic mass is 10.1. The van der Waals surface area contributed by atoms with Crippen LogP contribution in [-0.4, -0.2) is 44.5 Å². The smallest absolute Gasteiger partial charge is 0.334 e. The maximum absolute atomic E-state index is 11.5. The zero-order chi connectivity index (χ0) is 14.6. The number of carbonyl (C=O) groups is 2. The molecule has 1 unspecified atom stereocenters. The Morgan fingerprint density at radius 1 is 1.42 bits per heavy atom. The van der Waals surface area contributed by atoms with Gasteiger partial charge in [-0.1, -0.05) is 0 Å². The molecule has 1 heterocycles. The summed E-state index contributed by atoms with van der Waals surface area (Å²) in [6, 6.07) is 0. The van der Waals surface area contributed by atoms with E-state index in [1.54, 1.807) is 4.68 Å². The largest absolute Gasteiger partial charge is 0.479 e. The minimum absolute atomic E-state index is 0.236. The van der Waals surface area contributed by atoms with Gasteiger partial charge >= 0.3 is 5.97 Å². The van der Waals surface area contributed by atoms with Gasteiger partial charge in [-0.3, -0.25) is 9.48 Å². The van der Waals surface area contributed by atoms with Crippen LogP contribution in [0.15, 0.2) is 0 Å². The molecule has 1 atom stereocenters. The number of hydrogen-bond donors (Lipinski definition) is 3. The van der Waals surface area contributed by atoms with Crippen molar-refractivity contribution in [2.45, 2.75) is 32.8 Å². The molecule has 0 radical (unpaired) electrons. The molecule has 19 heavy (non-hydrogen) atoms. The third-order valence-electron chi connectivity index (χ3n) is 3.04. The molecule has 0 aliphatic carbocycles. The second-order valence-electron chi connectivity index (χ2n) is 4.43. The molecule has 1 aromatic heterocycles. The molecule has 1 rings (SSSR count). The van der Waals surface area contributed by atoms with Crippen molar-refractivity contribution in [3.8, 4) is 0 Å². The highest BCUT2D eigenvalue weighted by molar-refractivity contribution is 5.78. The van der Waals surface area contributed by atoms with E-state index in [0.717, 1.165) is 17.0 Å². The van der Waals surface area contributed by atoms with Crippen LogP contribution >= 0.6 is 0 Å². The minimum Gasteiger partial charge on any atom is -0.479 e. The molecule has 7 nitrogen and oxygen atoms in total. The molecule has 0 saturated heterocycles. The topological polar surface area (TPSA) is 104 Å². The van der Waals surface area contributed by atoms with Crippen LogP contribution in [0.5, 0.6) is 0 Å². The fraction of sp³-hybridized carbons (Fsp3) is 0.583.